The molecule has 1 fully saturated rings. The van der Waals surface area contributed by atoms with Crippen LogP contribution in [0.5, 0.6) is 0 Å². The maximum atomic E-state index is 12.3. The molecule has 7 heteroatoms. The summed E-state index contributed by atoms with van der Waals surface area (Å²) in [6.07, 6.45) is -0.286. The van der Waals surface area contributed by atoms with Gasteiger partial charge < -0.3 is 19.3 Å². The van der Waals surface area contributed by atoms with E-state index in [0.717, 1.165) is 11.4 Å². The molecule has 0 bridgehead atoms. The van der Waals surface area contributed by atoms with E-state index in [9.17, 15) is 9.59 Å². The first-order valence-electron chi connectivity index (χ1n) is 8.84. The number of piperazine rings is 1. The number of carbonyl (C=O) groups is 2. The number of amides is 1. The van der Waals surface area contributed by atoms with Crippen LogP contribution in [0, 0.1) is 13.8 Å². The number of rotatable bonds is 2. The van der Waals surface area contributed by atoms with Crippen LogP contribution >= 0.6 is 0 Å². The van der Waals surface area contributed by atoms with Gasteiger partial charge in [-0.25, -0.2) is 14.6 Å². The van der Waals surface area contributed by atoms with Gasteiger partial charge in [0.25, 0.3) is 0 Å². The van der Waals surface area contributed by atoms with Crippen molar-refractivity contribution in [2.24, 2.45) is 0 Å². The molecule has 1 saturated heterocycles. The molecule has 144 valence electrons. The number of pyridine rings is 1. The third kappa shape index (κ3) is 4.45. The first-order chi connectivity index (χ1) is 12.0. The average molecular weight is 363 g/mol. The summed E-state index contributed by atoms with van der Waals surface area (Å²) in [6.45, 7) is 13.2. The lowest BCUT2D eigenvalue weighted by molar-refractivity contribution is 0.0158. The highest BCUT2D eigenvalue weighted by Gasteiger charge is 2.31. The highest BCUT2D eigenvalue weighted by molar-refractivity contribution is 5.92. The third-order valence-electron chi connectivity index (χ3n) is 4.35. The minimum absolute atomic E-state index is 0.00120. The lowest BCUT2D eigenvalue weighted by Gasteiger charge is -2.40. The van der Waals surface area contributed by atoms with Crippen LogP contribution in [-0.2, 0) is 9.47 Å². The average Bonchev–Trinajstić information content (AvgIpc) is 2.51. The van der Waals surface area contributed by atoms with E-state index in [1.807, 2.05) is 47.6 Å². The van der Waals surface area contributed by atoms with Gasteiger partial charge in [0.2, 0.25) is 0 Å². The van der Waals surface area contributed by atoms with Gasteiger partial charge in [-0.1, -0.05) is 0 Å². The zero-order chi connectivity index (χ0) is 19.6. The number of hydrogen-bond acceptors (Lipinski definition) is 6. The smallest absolute Gasteiger partial charge is 0.410 e. The Labute approximate surface area is 155 Å². The summed E-state index contributed by atoms with van der Waals surface area (Å²) in [5, 5.41) is 0. The highest BCUT2D eigenvalue weighted by atomic mass is 16.6. The van der Waals surface area contributed by atoms with Crippen molar-refractivity contribution in [2.75, 3.05) is 31.6 Å². The Hall–Kier alpha value is -2.31. The Morgan fingerprint density at radius 3 is 2.38 bits per heavy atom. The maximum Gasteiger partial charge on any atom is 0.410 e. The number of ether oxygens (including phenoxy) is 2. The van der Waals surface area contributed by atoms with Crippen LogP contribution in [0.4, 0.5) is 10.6 Å². The fourth-order valence-electron chi connectivity index (χ4n) is 3.14. The van der Waals surface area contributed by atoms with Crippen LogP contribution in [0.15, 0.2) is 6.07 Å². The molecular weight excluding hydrogens is 334 g/mol. The Morgan fingerprint density at radius 1 is 1.23 bits per heavy atom. The Balaban J connectivity index is 2.14. The van der Waals surface area contributed by atoms with Crippen molar-refractivity contribution in [3.8, 4) is 0 Å². The van der Waals surface area contributed by atoms with Gasteiger partial charge in [0.15, 0.2) is 0 Å². The number of anilines is 1. The molecule has 1 aromatic rings. The Bertz CT molecular complexity index is 674. The van der Waals surface area contributed by atoms with Gasteiger partial charge in [-0.3, -0.25) is 0 Å². The summed E-state index contributed by atoms with van der Waals surface area (Å²) in [6, 6.07) is 1.90. The van der Waals surface area contributed by atoms with Gasteiger partial charge in [0, 0.05) is 25.7 Å². The van der Waals surface area contributed by atoms with Crippen LogP contribution in [0.25, 0.3) is 0 Å². The summed E-state index contributed by atoms with van der Waals surface area (Å²) in [5.74, 6) is 0.436. The van der Waals surface area contributed by atoms with Crippen molar-refractivity contribution in [3.63, 3.8) is 0 Å². The van der Waals surface area contributed by atoms with Crippen LogP contribution in [0.3, 0.4) is 0 Å². The van der Waals surface area contributed by atoms with Gasteiger partial charge in [-0.15, -0.1) is 0 Å². The predicted octanol–water partition coefficient (Wildman–Crippen LogP) is 2.93. The van der Waals surface area contributed by atoms with Crippen molar-refractivity contribution < 1.29 is 19.1 Å². The molecule has 0 aromatic carbocycles. The van der Waals surface area contributed by atoms with Crippen LogP contribution < -0.4 is 4.90 Å². The topological polar surface area (TPSA) is 72.0 Å². The lowest BCUT2D eigenvalue weighted by atomic mass is 10.1. The fraction of sp³-hybridized carbons (Fsp3) is 0.632. The van der Waals surface area contributed by atoms with E-state index < -0.39 is 5.60 Å². The number of esters is 1. The second-order valence-corrected chi connectivity index (χ2v) is 7.72. The van der Waals surface area contributed by atoms with E-state index in [4.69, 9.17) is 9.47 Å². The molecule has 0 saturated carbocycles. The van der Waals surface area contributed by atoms with Gasteiger partial charge in [0.1, 0.15) is 11.4 Å². The highest BCUT2D eigenvalue weighted by Crippen LogP contribution is 2.23. The maximum absolute atomic E-state index is 12.3. The number of hydrogen-bond donors (Lipinski definition) is 0. The quantitative estimate of drug-likeness (QED) is 0.753. The van der Waals surface area contributed by atoms with Crippen LogP contribution in [0.1, 0.15) is 49.3 Å². The molecule has 0 N–H and O–H groups in total. The molecule has 1 aliphatic rings. The molecule has 2 rings (SSSR count). The number of nitrogens with zero attached hydrogens (tertiary/aromatic N) is 3. The Kier molecular flexibility index (Phi) is 5.78. The van der Waals surface area contributed by atoms with Crippen LogP contribution in [-0.4, -0.2) is 60.3 Å². The number of aromatic nitrogens is 1. The molecular formula is C19H29N3O4. The Morgan fingerprint density at radius 2 is 1.88 bits per heavy atom. The van der Waals surface area contributed by atoms with E-state index >= 15 is 0 Å². The molecule has 7 nitrogen and oxygen atoms in total. The minimum Gasteiger partial charge on any atom is -0.465 e. The monoisotopic (exact) mass is 363 g/mol. The molecule has 1 aliphatic heterocycles. The third-order valence-corrected chi connectivity index (χ3v) is 4.35. The van der Waals surface area contributed by atoms with Crippen molar-refractivity contribution in [1.29, 1.82) is 0 Å². The van der Waals surface area contributed by atoms with E-state index in [1.54, 1.807) is 4.90 Å². The molecule has 2 heterocycles. The zero-order valence-corrected chi connectivity index (χ0v) is 16.8. The number of aryl methyl sites for hydroxylation is 2. The summed E-state index contributed by atoms with van der Waals surface area (Å²) >= 11 is 0. The predicted molar refractivity (Wildman–Crippen MR) is 99.7 cm³/mol. The SMILES string of the molecule is COC(=O)c1c(C)cc(N2CCN(C(=O)OC(C)(C)C)[C@@H](C)C2)nc1C. The normalized spacial score (nSPS) is 17.9. The molecule has 0 aliphatic carbocycles. The van der Waals surface area contributed by atoms with Crippen molar-refractivity contribution >= 4 is 17.9 Å². The summed E-state index contributed by atoms with van der Waals surface area (Å²) in [7, 11) is 1.37. The van der Waals surface area contributed by atoms with Crippen molar-refractivity contribution in [3.05, 3.63) is 22.9 Å². The summed E-state index contributed by atoms with van der Waals surface area (Å²) in [4.78, 5) is 32.7. The molecule has 0 radical (unpaired) electrons. The molecule has 26 heavy (non-hydrogen) atoms. The summed E-state index contributed by atoms with van der Waals surface area (Å²) in [5.41, 5.74) is 1.49. The van der Waals surface area contributed by atoms with E-state index in [-0.39, 0.29) is 18.1 Å². The van der Waals surface area contributed by atoms with Crippen molar-refractivity contribution in [1.82, 2.24) is 9.88 Å². The number of methoxy groups -OCH3 is 1. The van der Waals surface area contributed by atoms with Gasteiger partial charge in [0.05, 0.1) is 18.4 Å². The largest absolute Gasteiger partial charge is 0.465 e. The van der Waals surface area contributed by atoms with Crippen molar-refractivity contribution in [2.45, 2.75) is 53.2 Å². The molecule has 1 atom stereocenters. The summed E-state index contributed by atoms with van der Waals surface area (Å²) < 4.78 is 10.3. The zero-order valence-electron chi connectivity index (χ0n) is 16.8. The first kappa shape index (κ1) is 20.0. The lowest BCUT2D eigenvalue weighted by Crippen LogP contribution is -2.55. The second kappa shape index (κ2) is 7.51. The minimum atomic E-state index is -0.507. The van der Waals surface area contributed by atoms with Gasteiger partial charge >= 0.3 is 12.1 Å². The van der Waals surface area contributed by atoms with Gasteiger partial charge in [-0.2, -0.15) is 0 Å². The van der Waals surface area contributed by atoms with E-state index in [2.05, 4.69) is 9.88 Å². The van der Waals surface area contributed by atoms with E-state index in [0.29, 0.717) is 30.9 Å². The number of carbonyl (C=O) groups excluding carboxylic acids is 2. The fourth-order valence-corrected chi connectivity index (χ4v) is 3.14. The standard InChI is InChI=1S/C19H29N3O4/c1-12-10-15(20-14(3)16(12)17(23)25-7)21-8-9-22(13(2)11-21)18(24)26-19(4,5)6/h10,13H,8-9,11H2,1-7H3/t13-/m0/s1. The second-order valence-electron chi connectivity index (χ2n) is 7.72. The van der Waals surface area contributed by atoms with Gasteiger partial charge in [-0.05, 0) is 53.2 Å². The molecule has 1 amide bonds. The first-order valence-corrected chi connectivity index (χ1v) is 8.84. The van der Waals surface area contributed by atoms with Crippen LogP contribution in [0.2, 0.25) is 0 Å². The van der Waals surface area contributed by atoms with E-state index in [1.165, 1.54) is 7.11 Å². The molecule has 1 aromatic heterocycles. The molecule has 0 unspecified atom stereocenters. The molecule has 0 spiro atoms.